The maximum Gasteiger partial charge on any atom is 0.0464 e. The molecule has 0 fully saturated rings. The van der Waals surface area contributed by atoms with E-state index in [1.807, 2.05) is 0 Å². The van der Waals surface area contributed by atoms with Crippen molar-refractivity contribution in [1.29, 1.82) is 0 Å². The van der Waals surface area contributed by atoms with Gasteiger partial charge in [0.25, 0.3) is 0 Å². The zero-order valence-corrected chi connectivity index (χ0v) is 8.39. The van der Waals surface area contributed by atoms with Gasteiger partial charge in [0.15, 0.2) is 0 Å². The topological polar surface area (TPSA) is 9.23 Å². The Morgan fingerprint density at radius 2 is 1.64 bits per heavy atom. The van der Waals surface area contributed by atoms with Gasteiger partial charge in [-0.05, 0) is 18.3 Å². The van der Waals surface area contributed by atoms with Gasteiger partial charge in [0, 0.05) is 13.7 Å². The summed E-state index contributed by atoms with van der Waals surface area (Å²) in [7, 11) is 1.78. The van der Waals surface area contributed by atoms with Crippen molar-refractivity contribution in [3.8, 4) is 0 Å². The molecule has 0 saturated carbocycles. The minimum absolute atomic E-state index is 0.815. The Morgan fingerprint density at radius 3 is 2.09 bits per heavy atom. The summed E-state index contributed by atoms with van der Waals surface area (Å²) in [5.41, 5.74) is 0. The smallest absolute Gasteiger partial charge is 0.0464 e. The van der Waals surface area contributed by atoms with E-state index >= 15 is 0 Å². The molecule has 1 nitrogen and oxygen atoms in total. The summed E-state index contributed by atoms with van der Waals surface area (Å²) in [4.78, 5) is 0. The quantitative estimate of drug-likeness (QED) is 0.577. The molecule has 0 aromatic rings. The molecule has 1 heteroatoms. The molecule has 0 bridgehead atoms. The number of ether oxygens (including phenoxy) is 1. The number of methoxy groups -OCH3 is 1. The Kier molecular flexibility index (Phi) is 6.63. The number of hydrogen-bond donors (Lipinski definition) is 0. The Morgan fingerprint density at radius 1 is 1.09 bits per heavy atom. The summed E-state index contributed by atoms with van der Waals surface area (Å²) in [5, 5.41) is 0. The first-order valence-electron chi connectivity index (χ1n) is 4.71. The van der Waals surface area contributed by atoms with E-state index in [9.17, 15) is 0 Å². The molecule has 0 spiro atoms. The average Bonchev–Trinajstić information content (AvgIpc) is 2.00. The molecule has 0 aliphatic rings. The van der Waals surface area contributed by atoms with Crippen LogP contribution in [0.5, 0.6) is 0 Å². The fraction of sp³-hybridized carbons (Fsp3) is 1.00. The number of rotatable bonds is 6. The number of hydrogen-bond acceptors (Lipinski definition) is 1. The molecule has 11 heavy (non-hydrogen) atoms. The molecule has 0 radical (unpaired) electrons. The fourth-order valence-electron chi connectivity index (χ4n) is 1.33. The standard InChI is InChI=1S/C10H22O/c1-5-6-9(2)10(3)7-8-11-4/h9-10H,5-8H2,1-4H3. The van der Waals surface area contributed by atoms with Gasteiger partial charge in [0.2, 0.25) is 0 Å². The first-order valence-corrected chi connectivity index (χ1v) is 4.71. The third-order valence-corrected chi connectivity index (χ3v) is 2.49. The highest BCUT2D eigenvalue weighted by Crippen LogP contribution is 2.19. The molecule has 0 aliphatic carbocycles. The van der Waals surface area contributed by atoms with Crippen LogP contribution in [0.15, 0.2) is 0 Å². The molecule has 2 atom stereocenters. The highest BCUT2D eigenvalue weighted by atomic mass is 16.5. The van der Waals surface area contributed by atoms with Gasteiger partial charge in [-0.3, -0.25) is 0 Å². The highest BCUT2D eigenvalue weighted by molar-refractivity contribution is 4.60. The van der Waals surface area contributed by atoms with Crippen LogP contribution in [0.1, 0.15) is 40.0 Å². The first kappa shape index (κ1) is 11.0. The van der Waals surface area contributed by atoms with Crippen LogP contribution >= 0.6 is 0 Å². The van der Waals surface area contributed by atoms with Crippen LogP contribution in [0.25, 0.3) is 0 Å². The normalized spacial score (nSPS) is 16.4. The van der Waals surface area contributed by atoms with E-state index in [0.717, 1.165) is 18.4 Å². The molecule has 0 amide bonds. The van der Waals surface area contributed by atoms with Crippen molar-refractivity contribution in [2.24, 2.45) is 11.8 Å². The van der Waals surface area contributed by atoms with E-state index in [0.29, 0.717) is 0 Å². The molecule has 0 aromatic carbocycles. The molecule has 0 aromatic heterocycles. The average molecular weight is 158 g/mol. The Balaban J connectivity index is 3.38. The predicted octanol–water partition coefficient (Wildman–Crippen LogP) is 3.10. The van der Waals surface area contributed by atoms with Crippen LogP contribution in [0.3, 0.4) is 0 Å². The summed E-state index contributed by atoms with van der Waals surface area (Å²) >= 11 is 0. The summed E-state index contributed by atoms with van der Waals surface area (Å²) in [6.07, 6.45) is 3.86. The Labute approximate surface area is 71.1 Å². The molecular weight excluding hydrogens is 136 g/mol. The minimum atomic E-state index is 0.815. The molecule has 0 N–H and O–H groups in total. The summed E-state index contributed by atoms with van der Waals surface area (Å²) in [5.74, 6) is 1.67. The third kappa shape index (κ3) is 5.25. The predicted molar refractivity (Wildman–Crippen MR) is 49.7 cm³/mol. The van der Waals surface area contributed by atoms with E-state index in [1.54, 1.807) is 7.11 Å². The van der Waals surface area contributed by atoms with E-state index in [2.05, 4.69) is 20.8 Å². The molecule has 0 rings (SSSR count). The van der Waals surface area contributed by atoms with Crippen molar-refractivity contribution in [2.45, 2.75) is 40.0 Å². The van der Waals surface area contributed by atoms with Crippen LogP contribution < -0.4 is 0 Å². The van der Waals surface area contributed by atoms with Crippen LogP contribution in [-0.2, 0) is 4.74 Å². The fourth-order valence-corrected chi connectivity index (χ4v) is 1.33. The lowest BCUT2D eigenvalue weighted by Gasteiger charge is -2.18. The van der Waals surface area contributed by atoms with Crippen LogP contribution in [0.4, 0.5) is 0 Å². The van der Waals surface area contributed by atoms with Crippen molar-refractivity contribution < 1.29 is 4.74 Å². The first-order chi connectivity index (χ1) is 5.22. The highest BCUT2D eigenvalue weighted by Gasteiger charge is 2.09. The minimum Gasteiger partial charge on any atom is -0.385 e. The van der Waals surface area contributed by atoms with Gasteiger partial charge in [-0.1, -0.05) is 33.6 Å². The van der Waals surface area contributed by atoms with E-state index in [1.165, 1.54) is 19.3 Å². The zero-order chi connectivity index (χ0) is 8.69. The SMILES string of the molecule is CCCC(C)C(C)CCOC. The third-order valence-electron chi connectivity index (χ3n) is 2.49. The molecule has 2 unspecified atom stereocenters. The van der Waals surface area contributed by atoms with Gasteiger partial charge in [0.1, 0.15) is 0 Å². The van der Waals surface area contributed by atoms with Gasteiger partial charge in [-0.2, -0.15) is 0 Å². The maximum absolute atomic E-state index is 5.04. The van der Waals surface area contributed by atoms with Crippen LogP contribution in [0, 0.1) is 11.8 Å². The van der Waals surface area contributed by atoms with E-state index in [4.69, 9.17) is 4.74 Å². The lowest BCUT2D eigenvalue weighted by molar-refractivity contribution is 0.166. The largest absolute Gasteiger partial charge is 0.385 e. The van der Waals surface area contributed by atoms with Crippen LogP contribution in [-0.4, -0.2) is 13.7 Å². The molecule has 0 aliphatic heterocycles. The maximum atomic E-state index is 5.04. The van der Waals surface area contributed by atoms with Crippen molar-refractivity contribution >= 4 is 0 Å². The monoisotopic (exact) mass is 158 g/mol. The van der Waals surface area contributed by atoms with Crippen molar-refractivity contribution in [3.05, 3.63) is 0 Å². The van der Waals surface area contributed by atoms with Gasteiger partial charge in [0.05, 0.1) is 0 Å². The van der Waals surface area contributed by atoms with Crippen LogP contribution in [0.2, 0.25) is 0 Å². The second-order valence-corrected chi connectivity index (χ2v) is 3.52. The summed E-state index contributed by atoms with van der Waals surface area (Å²) in [6, 6.07) is 0. The Hall–Kier alpha value is -0.0400. The second-order valence-electron chi connectivity index (χ2n) is 3.52. The van der Waals surface area contributed by atoms with Gasteiger partial charge in [-0.25, -0.2) is 0 Å². The second kappa shape index (κ2) is 6.66. The zero-order valence-electron chi connectivity index (χ0n) is 8.39. The summed E-state index contributed by atoms with van der Waals surface area (Å²) < 4.78 is 5.04. The molecule has 0 saturated heterocycles. The Bertz CT molecular complexity index is 80.9. The molecule has 0 heterocycles. The lowest BCUT2D eigenvalue weighted by atomic mass is 9.90. The van der Waals surface area contributed by atoms with Crippen molar-refractivity contribution in [1.82, 2.24) is 0 Å². The van der Waals surface area contributed by atoms with Gasteiger partial charge >= 0.3 is 0 Å². The lowest BCUT2D eigenvalue weighted by Crippen LogP contribution is -2.09. The van der Waals surface area contributed by atoms with E-state index in [-0.39, 0.29) is 0 Å². The van der Waals surface area contributed by atoms with Gasteiger partial charge in [-0.15, -0.1) is 0 Å². The molecule has 68 valence electrons. The van der Waals surface area contributed by atoms with Gasteiger partial charge < -0.3 is 4.74 Å². The summed E-state index contributed by atoms with van der Waals surface area (Å²) in [6.45, 7) is 7.82. The molecular formula is C10H22O. The van der Waals surface area contributed by atoms with Crippen molar-refractivity contribution in [3.63, 3.8) is 0 Å². The van der Waals surface area contributed by atoms with E-state index < -0.39 is 0 Å². The van der Waals surface area contributed by atoms with Crippen molar-refractivity contribution in [2.75, 3.05) is 13.7 Å².